The van der Waals surface area contributed by atoms with E-state index in [2.05, 4.69) is 44.2 Å². The predicted octanol–water partition coefficient (Wildman–Crippen LogP) is 4.92. The van der Waals surface area contributed by atoms with Gasteiger partial charge in [0.25, 0.3) is 5.91 Å². The molecule has 0 saturated carbocycles. The molecule has 2 N–H and O–H groups in total. The first-order valence-electron chi connectivity index (χ1n) is 14.6. The number of carboxylic acid groups (broad SMARTS) is 1. The Kier molecular flexibility index (Phi) is 10.6. The molecule has 1 aromatic carbocycles. The summed E-state index contributed by atoms with van der Waals surface area (Å²) in [5.41, 5.74) is -0.136. The van der Waals surface area contributed by atoms with Crippen LogP contribution in [0.5, 0.6) is 5.75 Å². The molecule has 0 unspecified atom stereocenters. The molecular weight excluding hydrogens is 562 g/mol. The Morgan fingerprint density at radius 2 is 1.77 bits per heavy atom. The topological polar surface area (TPSA) is 144 Å². The number of nitrogens with one attached hydrogen (secondary N) is 1. The molecule has 0 radical (unpaired) electrons. The molecule has 1 aliphatic rings. The second-order valence-corrected chi connectivity index (χ2v) is 11.6. The van der Waals surface area contributed by atoms with Crippen molar-refractivity contribution in [1.82, 2.24) is 25.4 Å². The molecule has 1 aliphatic heterocycles. The highest BCUT2D eigenvalue weighted by molar-refractivity contribution is 5.97. The zero-order valence-electron chi connectivity index (χ0n) is 24.8. The van der Waals surface area contributed by atoms with Crippen molar-refractivity contribution in [3.05, 3.63) is 47.6 Å². The third-order valence-electron chi connectivity index (χ3n) is 7.33. The van der Waals surface area contributed by atoms with Crippen LogP contribution in [-0.2, 0) is 11.2 Å². The number of aliphatic carboxylic acids is 1. The smallest absolute Gasteiger partial charge is 0.326 e. The van der Waals surface area contributed by atoms with Crippen LogP contribution in [0.2, 0.25) is 0 Å². The number of halogens is 2. The van der Waals surface area contributed by atoms with Gasteiger partial charge in [-0.3, -0.25) is 4.79 Å². The summed E-state index contributed by atoms with van der Waals surface area (Å²) in [6, 6.07) is 0.611. The summed E-state index contributed by atoms with van der Waals surface area (Å²) in [4.78, 5) is 39.2. The standard InChI is InChI=1S/C30H38F2N6O5/c1-17(2)12-24-35-27(37-43-24)20-15-33-30(34-16-20)38-9-7-19(8-10-38)6-5-11-42-21-13-22(31)25(23(32)14-21)28(39)36-26(18(3)4)29(40)41/h13-19,26H,5-12H2,1-4H3,(H,36,39)(H,40,41)/t26-/m0/s1. The summed E-state index contributed by atoms with van der Waals surface area (Å²) in [5, 5.41) is 15.4. The highest BCUT2D eigenvalue weighted by Crippen LogP contribution is 2.26. The second-order valence-electron chi connectivity index (χ2n) is 11.6. The fraction of sp³-hybridized carbons (Fsp3) is 0.533. The highest BCUT2D eigenvalue weighted by atomic mass is 19.1. The molecule has 3 aromatic rings. The lowest BCUT2D eigenvalue weighted by atomic mass is 9.92. The van der Waals surface area contributed by atoms with E-state index < -0.39 is 41.0 Å². The van der Waals surface area contributed by atoms with Gasteiger partial charge in [0.05, 0.1) is 12.2 Å². The number of anilines is 1. The van der Waals surface area contributed by atoms with Gasteiger partial charge in [0.2, 0.25) is 17.7 Å². The van der Waals surface area contributed by atoms with Gasteiger partial charge >= 0.3 is 5.97 Å². The third-order valence-corrected chi connectivity index (χ3v) is 7.33. The largest absolute Gasteiger partial charge is 0.493 e. The highest BCUT2D eigenvalue weighted by Gasteiger charge is 2.27. The van der Waals surface area contributed by atoms with Crippen LogP contribution in [0.15, 0.2) is 29.0 Å². The molecule has 13 heteroatoms. The molecule has 232 valence electrons. The molecule has 1 saturated heterocycles. The van der Waals surface area contributed by atoms with Gasteiger partial charge in [-0.05, 0) is 43.4 Å². The van der Waals surface area contributed by atoms with Gasteiger partial charge in [-0.25, -0.2) is 23.5 Å². The average molecular weight is 601 g/mol. The lowest BCUT2D eigenvalue weighted by Crippen LogP contribution is -2.44. The monoisotopic (exact) mass is 600 g/mol. The molecule has 1 fully saturated rings. The Hall–Kier alpha value is -4.16. The Balaban J connectivity index is 1.20. The van der Waals surface area contributed by atoms with Crippen molar-refractivity contribution < 1.29 is 32.7 Å². The van der Waals surface area contributed by atoms with Crippen LogP contribution >= 0.6 is 0 Å². The van der Waals surface area contributed by atoms with Crippen molar-refractivity contribution in [3.63, 3.8) is 0 Å². The van der Waals surface area contributed by atoms with Crippen LogP contribution in [0.4, 0.5) is 14.7 Å². The predicted molar refractivity (Wildman–Crippen MR) is 154 cm³/mol. The summed E-state index contributed by atoms with van der Waals surface area (Å²) in [6.07, 6.45) is 7.62. The van der Waals surface area contributed by atoms with Crippen molar-refractivity contribution in [2.45, 2.75) is 65.8 Å². The first kappa shape index (κ1) is 31.8. The van der Waals surface area contributed by atoms with E-state index in [0.29, 0.717) is 47.9 Å². The zero-order valence-corrected chi connectivity index (χ0v) is 24.8. The molecule has 3 heterocycles. The number of carbonyl (C=O) groups is 2. The van der Waals surface area contributed by atoms with E-state index >= 15 is 0 Å². The van der Waals surface area contributed by atoms with E-state index in [1.165, 1.54) is 0 Å². The van der Waals surface area contributed by atoms with Crippen molar-refractivity contribution in [1.29, 1.82) is 0 Å². The Morgan fingerprint density at radius 3 is 2.35 bits per heavy atom. The fourth-order valence-electron chi connectivity index (χ4n) is 4.97. The summed E-state index contributed by atoms with van der Waals surface area (Å²) < 4.78 is 40.0. The Bertz CT molecular complexity index is 1370. The van der Waals surface area contributed by atoms with Gasteiger partial charge in [-0.15, -0.1) is 0 Å². The summed E-state index contributed by atoms with van der Waals surface area (Å²) in [7, 11) is 0. The van der Waals surface area contributed by atoms with Gasteiger partial charge in [0.15, 0.2) is 0 Å². The average Bonchev–Trinajstić information content (AvgIpc) is 3.41. The first-order chi connectivity index (χ1) is 20.5. The molecule has 0 aliphatic carbocycles. The van der Waals surface area contributed by atoms with Crippen LogP contribution in [0, 0.1) is 29.4 Å². The number of piperidine rings is 1. The van der Waals surface area contributed by atoms with E-state index in [1.54, 1.807) is 26.2 Å². The van der Waals surface area contributed by atoms with Gasteiger partial charge in [-0.2, -0.15) is 4.98 Å². The maximum Gasteiger partial charge on any atom is 0.326 e. The van der Waals surface area contributed by atoms with E-state index in [4.69, 9.17) is 9.26 Å². The van der Waals surface area contributed by atoms with Crippen molar-refractivity contribution in [2.24, 2.45) is 17.8 Å². The normalized spacial score (nSPS) is 14.7. The molecule has 1 amide bonds. The zero-order chi connectivity index (χ0) is 31.1. The molecule has 1 atom stereocenters. The summed E-state index contributed by atoms with van der Waals surface area (Å²) in [6.45, 7) is 9.23. The maximum absolute atomic E-state index is 14.6. The number of hydrogen-bond donors (Lipinski definition) is 2. The number of amides is 1. The first-order valence-corrected chi connectivity index (χ1v) is 14.6. The summed E-state index contributed by atoms with van der Waals surface area (Å²) in [5.74, 6) is -2.52. The van der Waals surface area contributed by atoms with Gasteiger partial charge < -0.3 is 24.6 Å². The number of carbonyl (C=O) groups excluding carboxylic acids is 1. The van der Waals surface area contributed by atoms with Crippen LogP contribution in [0.1, 0.15) is 69.6 Å². The van der Waals surface area contributed by atoms with Crippen LogP contribution < -0.4 is 15.0 Å². The second kappa shape index (κ2) is 14.3. The molecular formula is C30H38F2N6O5. The van der Waals surface area contributed by atoms with E-state index in [1.807, 2.05) is 0 Å². The number of nitrogens with zero attached hydrogens (tertiary/aromatic N) is 5. The van der Waals surface area contributed by atoms with Gasteiger partial charge in [-0.1, -0.05) is 32.9 Å². The quantitative estimate of drug-likeness (QED) is 0.260. The van der Waals surface area contributed by atoms with E-state index in [0.717, 1.165) is 44.5 Å². The number of aromatic nitrogens is 4. The SMILES string of the molecule is CC(C)Cc1nc(-c2cnc(N3CCC(CCCOc4cc(F)c(C(=O)N[C@H](C(=O)O)C(C)C)c(F)c4)CC3)nc2)no1. The molecule has 11 nitrogen and oxygen atoms in total. The van der Waals surface area contributed by atoms with Gasteiger partial charge in [0.1, 0.15) is 29.0 Å². The lowest BCUT2D eigenvalue weighted by Gasteiger charge is -2.32. The summed E-state index contributed by atoms with van der Waals surface area (Å²) >= 11 is 0. The minimum atomic E-state index is -1.28. The molecule has 0 spiro atoms. The minimum absolute atomic E-state index is 0.0300. The number of rotatable bonds is 13. The van der Waals surface area contributed by atoms with E-state index in [-0.39, 0.29) is 12.4 Å². The van der Waals surface area contributed by atoms with E-state index in [9.17, 15) is 23.5 Å². The van der Waals surface area contributed by atoms with Crippen molar-refractivity contribution >= 4 is 17.8 Å². The lowest BCUT2D eigenvalue weighted by molar-refractivity contribution is -0.140. The van der Waals surface area contributed by atoms with Crippen molar-refractivity contribution in [3.8, 4) is 17.1 Å². The fourth-order valence-corrected chi connectivity index (χ4v) is 4.97. The van der Waals surface area contributed by atoms with Crippen LogP contribution in [0.25, 0.3) is 11.4 Å². The number of ether oxygens (including phenoxy) is 1. The molecule has 0 bridgehead atoms. The number of carboxylic acids is 1. The number of benzene rings is 1. The Labute approximate surface area is 249 Å². The molecule has 43 heavy (non-hydrogen) atoms. The minimum Gasteiger partial charge on any atom is -0.493 e. The van der Waals surface area contributed by atoms with Crippen LogP contribution in [0.3, 0.4) is 0 Å². The van der Waals surface area contributed by atoms with Crippen LogP contribution in [-0.4, -0.2) is 62.8 Å². The maximum atomic E-state index is 14.6. The van der Waals surface area contributed by atoms with Gasteiger partial charge in [0, 0.05) is 44.0 Å². The Morgan fingerprint density at radius 1 is 1.12 bits per heavy atom. The molecule has 2 aromatic heterocycles. The number of hydrogen-bond acceptors (Lipinski definition) is 9. The third kappa shape index (κ3) is 8.45. The molecule has 4 rings (SSSR count). The van der Waals surface area contributed by atoms with Crippen molar-refractivity contribution in [2.75, 3.05) is 24.6 Å².